The van der Waals surface area contributed by atoms with Gasteiger partial charge in [-0.3, -0.25) is 4.79 Å². The van der Waals surface area contributed by atoms with Gasteiger partial charge in [0, 0.05) is 17.3 Å². The van der Waals surface area contributed by atoms with E-state index in [1.54, 1.807) is 36.0 Å². The van der Waals surface area contributed by atoms with E-state index in [1.807, 2.05) is 0 Å². The third kappa shape index (κ3) is 4.04. The Balaban J connectivity index is 1.29. The predicted molar refractivity (Wildman–Crippen MR) is 126 cm³/mol. The summed E-state index contributed by atoms with van der Waals surface area (Å²) in [6.45, 7) is 0.281. The Morgan fingerprint density at radius 2 is 1.89 bits per heavy atom. The van der Waals surface area contributed by atoms with Crippen LogP contribution in [0.4, 0.5) is 27.6 Å². The van der Waals surface area contributed by atoms with E-state index in [2.05, 4.69) is 15.3 Å². The minimum Gasteiger partial charge on any atom is -0.303 e. The summed E-state index contributed by atoms with van der Waals surface area (Å²) in [5.74, 6) is -1.86. The van der Waals surface area contributed by atoms with Crippen LogP contribution in [0.15, 0.2) is 55.1 Å². The number of amides is 1. The van der Waals surface area contributed by atoms with Gasteiger partial charge in [0.05, 0.1) is 41.0 Å². The number of anilines is 1. The van der Waals surface area contributed by atoms with Crippen LogP contribution in [0.3, 0.4) is 0 Å². The monoisotopic (exact) mass is 528 g/mol. The Morgan fingerprint density at radius 1 is 1.08 bits per heavy atom. The molecule has 2 unspecified atom stereocenters. The van der Waals surface area contributed by atoms with Crippen molar-refractivity contribution >= 4 is 11.6 Å². The van der Waals surface area contributed by atoms with Crippen LogP contribution in [0.2, 0.25) is 0 Å². The standard InChI is InChI=1S/C26H21F5N6O/c1-15-11-35(14-32-15)22-6-5-16(9-19(22)28)20-12-37(34-33-20)23-10-25(23)8-7-17-18(27)3-2-4-21(17)36(24(25)38)13-26(29,30)31/h2-6,9,11-12,14,23H,7-8,10,13H2,1H3. The molecule has 1 amide bonds. The highest BCUT2D eigenvalue weighted by atomic mass is 19.4. The molecule has 12 heteroatoms. The van der Waals surface area contributed by atoms with Crippen LogP contribution >= 0.6 is 0 Å². The van der Waals surface area contributed by atoms with E-state index in [0.717, 1.165) is 5.69 Å². The second kappa shape index (κ2) is 8.47. The smallest absolute Gasteiger partial charge is 0.303 e. The van der Waals surface area contributed by atoms with Crippen LogP contribution in [-0.4, -0.2) is 43.2 Å². The Kier molecular flexibility index (Phi) is 5.41. The first-order valence-electron chi connectivity index (χ1n) is 11.9. The van der Waals surface area contributed by atoms with Crippen molar-refractivity contribution in [1.29, 1.82) is 0 Å². The number of hydrogen-bond donors (Lipinski definition) is 0. The summed E-state index contributed by atoms with van der Waals surface area (Å²) in [6.07, 6.45) is 0.605. The first-order chi connectivity index (χ1) is 18.1. The van der Waals surface area contributed by atoms with Crippen LogP contribution in [-0.2, 0) is 11.2 Å². The molecule has 0 N–H and O–H groups in total. The molecular weight excluding hydrogens is 507 g/mol. The molecule has 1 fully saturated rings. The number of nitrogens with zero attached hydrogens (tertiary/aromatic N) is 6. The van der Waals surface area contributed by atoms with Gasteiger partial charge in [0.1, 0.15) is 23.9 Å². The van der Waals surface area contributed by atoms with Crippen molar-refractivity contribution in [3.63, 3.8) is 0 Å². The van der Waals surface area contributed by atoms with Gasteiger partial charge in [-0.25, -0.2) is 18.4 Å². The fourth-order valence-corrected chi connectivity index (χ4v) is 5.34. The largest absolute Gasteiger partial charge is 0.406 e. The van der Waals surface area contributed by atoms with Gasteiger partial charge in [0.2, 0.25) is 5.91 Å². The lowest BCUT2D eigenvalue weighted by molar-refractivity contribution is -0.136. The van der Waals surface area contributed by atoms with E-state index in [9.17, 15) is 26.7 Å². The summed E-state index contributed by atoms with van der Waals surface area (Å²) >= 11 is 0. The second-order valence-electron chi connectivity index (χ2n) is 9.79. The molecule has 1 spiro atoms. The zero-order chi connectivity index (χ0) is 26.8. The van der Waals surface area contributed by atoms with E-state index in [0.29, 0.717) is 21.8 Å². The number of rotatable bonds is 4. The zero-order valence-electron chi connectivity index (χ0n) is 20.1. The number of fused-ring (bicyclic) bond motifs is 1. The van der Waals surface area contributed by atoms with Gasteiger partial charge >= 0.3 is 6.18 Å². The highest BCUT2D eigenvalue weighted by Crippen LogP contribution is 2.62. The minimum absolute atomic E-state index is 0.0576. The molecule has 0 bridgehead atoms. The summed E-state index contributed by atoms with van der Waals surface area (Å²) in [5, 5.41) is 8.23. The van der Waals surface area contributed by atoms with E-state index in [4.69, 9.17) is 0 Å². The van der Waals surface area contributed by atoms with Crippen molar-refractivity contribution in [2.24, 2.45) is 5.41 Å². The molecule has 1 saturated carbocycles. The molecule has 0 radical (unpaired) electrons. The topological polar surface area (TPSA) is 68.8 Å². The number of carbonyl (C=O) groups is 1. The number of aryl methyl sites for hydroxylation is 1. The predicted octanol–water partition coefficient (Wildman–Crippen LogP) is 5.19. The Labute approximate surface area is 213 Å². The first-order valence-corrected chi connectivity index (χ1v) is 11.9. The molecule has 2 aliphatic rings. The van der Waals surface area contributed by atoms with Crippen molar-refractivity contribution in [2.45, 2.75) is 38.4 Å². The molecule has 2 atom stereocenters. The lowest BCUT2D eigenvalue weighted by Crippen LogP contribution is -2.43. The molecule has 4 aromatic rings. The van der Waals surface area contributed by atoms with Crippen molar-refractivity contribution in [3.05, 3.63) is 78.0 Å². The van der Waals surface area contributed by atoms with Gasteiger partial charge in [-0.2, -0.15) is 13.2 Å². The number of carbonyl (C=O) groups excluding carboxylic acids is 1. The van der Waals surface area contributed by atoms with Crippen LogP contribution in [0.1, 0.15) is 30.1 Å². The van der Waals surface area contributed by atoms with Crippen molar-refractivity contribution in [3.8, 4) is 16.9 Å². The third-order valence-electron chi connectivity index (χ3n) is 7.31. The van der Waals surface area contributed by atoms with E-state index in [-0.39, 0.29) is 30.5 Å². The third-order valence-corrected chi connectivity index (χ3v) is 7.31. The highest BCUT2D eigenvalue weighted by molar-refractivity contribution is 6.01. The van der Waals surface area contributed by atoms with Gasteiger partial charge in [0.15, 0.2) is 0 Å². The number of hydrogen-bond acceptors (Lipinski definition) is 4. The number of halogens is 5. The molecule has 38 heavy (non-hydrogen) atoms. The van der Waals surface area contributed by atoms with Crippen LogP contribution in [0.25, 0.3) is 16.9 Å². The van der Waals surface area contributed by atoms with Crippen LogP contribution in [0.5, 0.6) is 0 Å². The van der Waals surface area contributed by atoms with Gasteiger partial charge < -0.3 is 9.47 Å². The van der Waals surface area contributed by atoms with Crippen molar-refractivity contribution in [1.82, 2.24) is 24.5 Å². The molecule has 2 aromatic heterocycles. The average Bonchev–Trinajstić information content (AvgIpc) is 3.18. The maximum absolute atomic E-state index is 14.9. The van der Waals surface area contributed by atoms with Crippen molar-refractivity contribution in [2.75, 3.05) is 11.4 Å². The molecule has 3 heterocycles. The molecule has 2 aromatic carbocycles. The summed E-state index contributed by atoms with van der Waals surface area (Å²) in [4.78, 5) is 18.3. The molecule has 1 aliphatic heterocycles. The summed E-state index contributed by atoms with van der Waals surface area (Å²) in [7, 11) is 0. The maximum Gasteiger partial charge on any atom is 0.406 e. The normalized spacial score (nSPS) is 21.1. The summed E-state index contributed by atoms with van der Waals surface area (Å²) < 4.78 is 72.7. The lowest BCUT2D eigenvalue weighted by Gasteiger charge is -2.27. The molecule has 6 rings (SSSR count). The van der Waals surface area contributed by atoms with Gasteiger partial charge in [-0.1, -0.05) is 17.3 Å². The van der Waals surface area contributed by atoms with E-state index >= 15 is 0 Å². The maximum atomic E-state index is 14.9. The molecule has 1 aliphatic carbocycles. The van der Waals surface area contributed by atoms with Crippen LogP contribution in [0, 0.1) is 24.0 Å². The molecule has 196 valence electrons. The average molecular weight is 528 g/mol. The Morgan fingerprint density at radius 3 is 2.61 bits per heavy atom. The number of imidazole rings is 1. The Hall–Kier alpha value is -4.09. The molecule has 7 nitrogen and oxygen atoms in total. The van der Waals surface area contributed by atoms with Gasteiger partial charge in [-0.05, 0) is 50.5 Å². The van der Waals surface area contributed by atoms with Gasteiger partial charge in [-0.15, -0.1) is 5.10 Å². The van der Waals surface area contributed by atoms with Gasteiger partial charge in [0.25, 0.3) is 0 Å². The quantitative estimate of drug-likeness (QED) is 0.342. The summed E-state index contributed by atoms with van der Waals surface area (Å²) in [5.41, 5.74) is 0.710. The molecule has 0 saturated heterocycles. The fraction of sp³-hybridized carbons (Fsp3) is 0.308. The zero-order valence-corrected chi connectivity index (χ0v) is 20.1. The van der Waals surface area contributed by atoms with Crippen molar-refractivity contribution < 1.29 is 26.7 Å². The highest BCUT2D eigenvalue weighted by Gasteiger charge is 2.64. The number of aromatic nitrogens is 5. The molecular formula is C26H21F5N6O. The fourth-order valence-electron chi connectivity index (χ4n) is 5.34. The van der Waals surface area contributed by atoms with Crippen LogP contribution < -0.4 is 4.90 Å². The number of benzene rings is 2. The minimum atomic E-state index is -4.67. The summed E-state index contributed by atoms with van der Waals surface area (Å²) in [6, 6.07) is 7.83. The Bertz CT molecular complexity index is 1560. The van der Waals surface area contributed by atoms with E-state index < -0.39 is 41.7 Å². The van der Waals surface area contributed by atoms with E-state index in [1.165, 1.54) is 35.3 Å². The number of alkyl halides is 3. The lowest BCUT2D eigenvalue weighted by atomic mass is 9.96. The SMILES string of the molecule is Cc1cn(-c2ccc(-c3cn(C4CC45CCc4c(F)cccc4N(CC(F)(F)F)C5=O)nn3)cc2F)cn1. The first kappa shape index (κ1) is 24.3. The second-order valence-corrected chi connectivity index (χ2v) is 9.79.